The van der Waals surface area contributed by atoms with E-state index in [-0.39, 0.29) is 11.5 Å². The van der Waals surface area contributed by atoms with Gasteiger partial charge in [0, 0.05) is 12.6 Å². The molecule has 130 valence electrons. The Morgan fingerprint density at radius 3 is 2.65 bits per heavy atom. The second-order valence-electron chi connectivity index (χ2n) is 5.40. The van der Waals surface area contributed by atoms with Gasteiger partial charge in [-0.05, 0) is 25.0 Å². The molecule has 0 atom stereocenters. The number of nitrogens with zero attached hydrogens (tertiary/aromatic N) is 1. The van der Waals surface area contributed by atoms with Crippen LogP contribution in [0.5, 0.6) is 5.75 Å². The molecule has 9 heteroatoms. The molecule has 2 rings (SSSR count). The van der Waals surface area contributed by atoms with Gasteiger partial charge in [0.15, 0.2) is 0 Å². The molecule has 1 aromatic rings. The van der Waals surface area contributed by atoms with Crippen molar-refractivity contribution in [3.05, 3.63) is 18.2 Å². The highest BCUT2D eigenvalue weighted by Gasteiger charge is 2.30. The molecule has 1 heterocycles. The van der Waals surface area contributed by atoms with Crippen molar-refractivity contribution in [3.8, 4) is 5.75 Å². The molecule has 1 fully saturated rings. The molecular weight excluding hydrogens is 340 g/mol. The molecule has 0 aromatic heterocycles. The first-order valence-corrected chi connectivity index (χ1v) is 10.7. The van der Waals surface area contributed by atoms with Crippen LogP contribution in [0.25, 0.3) is 0 Å². The van der Waals surface area contributed by atoms with E-state index in [0.29, 0.717) is 36.5 Å². The monoisotopic (exact) mass is 362 g/mol. The van der Waals surface area contributed by atoms with E-state index in [9.17, 15) is 16.8 Å². The Kier molecular flexibility index (Phi) is 5.41. The third kappa shape index (κ3) is 4.29. The van der Waals surface area contributed by atoms with Crippen LogP contribution in [0, 0.1) is 0 Å². The number of hydrogen-bond donors (Lipinski definition) is 1. The topological polar surface area (TPSA) is 92.8 Å². The Bertz CT molecular complexity index is 759. The van der Waals surface area contributed by atoms with E-state index in [1.54, 1.807) is 12.1 Å². The molecule has 1 aromatic carbocycles. The van der Waals surface area contributed by atoms with Gasteiger partial charge in [-0.25, -0.2) is 16.8 Å². The Morgan fingerprint density at radius 2 is 2.09 bits per heavy atom. The summed E-state index contributed by atoms with van der Waals surface area (Å²) < 4.78 is 57.0. The number of hydrogen-bond acceptors (Lipinski definition) is 5. The first-order chi connectivity index (χ1) is 10.8. The number of unbranched alkanes of at least 4 members (excludes halogenated alkanes) is 1. The molecule has 0 radical (unpaired) electrons. The summed E-state index contributed by atoms with van der Waals surface area (Å²) in [4.78, 5) is 0. The van der Waals surface area contributed by atoms with Crippen LogP contribution in [0.3, 0.4) is 0 Å². The number of anilines is 2. The normalized spacial score (nSPS) is 17.2. The van der Waals surface area contributed by atoms with Gasteiger partial charge in [0.2, 0.25) is 20.0 Å². The van der Waals surface area contributed by atoms with E-state index in [0.717, 1.165) is 6.42 Å². The van der Waals surface area contributed by atoms with Crippen molar-refractivity contribution in [2.45, 2.75) is 26.2 Å². The van der Waals surface area contributed by atoms with Gasteiger partial charge in [-0.15, -0.1) is 0 Å². The Hall–Kier alpha value is -1.48. The average molecular weight is 362 g/mol. The summed E-state index contributed by atoms with van der Waals surface area (Å²) in [5.74, 6) is 0.487. The summed E-state index contributed by atoms with van der Waals surface area (Å²) in [5, 5.41) is 0. The van der Waals surface area contributed by atoms with Crippen molar-refractivity contribution in [2.24, 2.45) is 0 Å². The lowest BCUT2D eigenvalue weighted by Crippen LogP contribution is -2.25. The third-order valence-corrected chi connectivity index (χ3v) is 6.82. The standard InChI is InChI=1S/C14H22N2O5S2/c1-3-4-9-22(17,18)15-12-6-7-13(14(11-12)21-2)16-8-5-10-23(16,19)20/h6-7,11,15H,3-5,8-10H2,1-2H3. The lowest BCUT2D eigenvalue weighted by molar-refractivity contribution is 0.416. The first-order valence-electron chi connectivity index (χ1n) is 7.48. The molecule has 0 amide bonds. The molecule has 23 heavy (non-hydrogen) atoms. The molecule has 1 aliphatic rings. The van der Waals surface area contributed by atoms with Crippen molar-refractivity contribution in [3.63, 3.8) is 0 Å². The third-order valence-electron chi connectivity index (χ3n) is 3.59. The Labute approximate surface area is 137 Å². The fraction of sp³-hybridized carbons (Fsp3) is 0.571. The maximum absolute atomic E-state index is 12.0. The van der Waals surface area contributed by atoms with Crippen molar-refractivity contribution in [1.29, 1.82) is 0 Å². The molecule has 0 unspecified atom stereocenters. The predicted octanol–water partition coefficient (Wildman–Crippen LogP) is 1.78. The lowest BCUT2D eigenvalue weighted by Gasteiger charge is -2.20. The first kappa shape index (κ1) is 17.9. The molecule has 1 N–H and O–H groups in total. The number of nitrogens with one attached hydrogen (secondary N) is 1. The van der Waals surface area contributed by atoms with Gasteiger partial charge in [-0.2, -0.15) is 0 Å². The zero-order valence-electron chi connectivity index (χ0n) is 13.3. The minimum Gasteiger partial charge on any atom is -0.494 e. The van der Waals surface area contributed by atoms with Gasteiger partial charge in [0.25, 0.3) is 0 Å². The molecule has 0 spiro atoms. The zero-order valence-corrected chi connectivity index (χ0v) is 14.9. The van der Waals surface area contributed by atoms with Gasteiger partial charge >= 0.3 is 0 Å². The van der Waals surface area contributed by atoms with Crippen LogP contribution in [0.1, 0.15) is 26.2 Å². The average Bonchev–Trinajstić information content (AvgIpc) is 2.84. The molecule has 0 bridgehead atoms. The van der Waals surface area contributed by atoms with E-state index in [1.165, 1.54) is 17.5 Å². The minimum absolute atomic E-state index is 0.0497. The van der Waals surface area contributed by atoms with Gasteiger partial charge in [-0.3, -0.25) is 9.03 Å². The van der Waals surface area contributed by atoms with E-state index in [2.05, 4.69) is 4.72 Å². The van der Waals surface area contributed by atoms with Crippen LogP contribution < -0.4 is 13.8 Å². The maximum Gasteiger partial charge on any atom is 0.235 e. The van der Waals surface area contributed by atoms with Crippen LogP contribution in [0.4, 0.5) is 11.4 Å². The van der Waals surface area contributed by atoms with E-state index >= 15 is 0 Å². The number of sulfonamides is 2. The Balaban J connectivity index is 2.27. The summed E-state index contributed by atoms with van der Waals surface area (Å²) in [7, 11) is -5.30. The fourth-order valence-electron chi connectivity index (χ4n) is 2.42. The molecule has 0 saturated carbocycles. The number of benzene rings is 1. The van der Waals surface area contributed by atoms with Crippen molar-refractivity contribution < 1.29 is 21.6 Å². The largest absolute Gasteiger partial charge is 0.494 e. The smallest absolute Gasteiger partial charge is 0.235 e. The summed E-state index contributed by atoms with van der Waals surface area (Å²) in [6, 6.07) is 4.63. The van der Waals surface area contributed by atoms with Crippen LogP contribution in [0.15, 0.2) is 18.2 Å². The number of ether oxygens (including phenoxy) is 1. The molecule has 7 nitrogen and oxygen atoms in total. The molecular formula is C14H22N2O5S2. The maximum atomic E-state index is 12.0. The fourth-order valence-corrected chi connectivity index (χ4v) is 5.25. The van der Waals surface area contributed by atoms with Gasteiger partial charge in [-0.1, -0.05) is 13.3 Å². The highest BCUT2D eigenvalue weighted by Crippen LogP contribution is 2.35. The van der Waals surface area contributed by atoms with Crippen molar-refractivity contribution in [2.75, 3.05) is 34.2 Å². The van der Waals surface area contributed by atoms with Crippen LogP contribution in [0.2, 0.25) is 0 Å². The highest BCUT2D eigenvalue weighted by atomic mass is 32.2. The molecule has 1 aliphatic heterocycles. The molecule has 1 saturated heterocycles. The number of methoxy groups -OCH3 is 1. The Morgan fingerprint density at radius 1 is 1.35 bits per heavy atom. The van der Waals surface area contributed by atoms with Crippen LogP contribution in [-0.4, -0.2) is 42.0 Å². The summed E-state index contributed by atoms with van der Waals surface area (Å²) in [6.07, 6.45) is 1.93. The van der Waals surface area contributed by atoms with E-state index < -0.39 is 20.0 Å². The van der Waals surface area contributed by atoms with Crippen molar-refractivity contribution in [1.82, 2.24) is 0 Å². The van der Waals surface area contributed by atoms with Crippen molar-refractivity contribution >= 4 is 31.4 Å². The SMILES string of the molecule is CCCCS(=O)(=O)Nc1ccc(N2CCCS2(=O)=O)c(OC)c1. The summed E-state index contributed by atoms with van der Waals surface area (Å²) >= 11 is 0. The van der Waals surface area contributed by atoms with Gasteiger partial charge in [0.05, 0.1) is 30.0 Å². The zero-order chi connectivity index (χ0) is 17.1. The summed E-state index contributed by atoms with van der Waals surface area (Å²) in [6.45, 7) is 2.32. The predicted molar refractivity (Wildman–Crippen MR) is 91.1 cm³/mol. The van der Waals surface area contributed by atoms with Gasteiger partial charge < -0.3 is 4.74 Å². The van der Waals surface area contributed by atoms with E-state index in [1.807, 2.05) is 6.92 Å². The van der Waals surface area contributed by atoms with Gasteiger partial charge in [0.1, 0.15) is 5.75 Å². The lowest BCUT2D eigenvalue weighted by atomic mass is 10.2. The molecule has 0 aliphatic carbocycles. The second kappa shape index (κ2) is 6.96. The second-order valence-corrected chi connectivity index (χ2v) is 9.26. The summed E-state index contributed by atoms with van der Waals surface area (Å²) in [5.41, 5.74) is 0.791. The van der Waals surface area contributed by atoms with Crippen LogP contribution >= 0.6 is 0 Å². The highest BCUT2D eigenvalue weighted by molar-refractivity contribution is 7.93. The quantitative estimate of drug-likeness (QED) is 0.798. The minimum atomic E-state index is -3.41. The van der Waals surface area contributed by atoms with E-state index in [4.69, 9.17) is 4.74 Å². The number of rotatable bonds is 7. The van der Waals surface area contributed by atoms with Crippen LogP contribution in [-0.2, 0) is 20.0 Å².